The number of rotatable bonds is 8. The summed E-state index contributed by atoms with van der Waals surface area (Å²) in [5.74, 6) is -0.0536. The van der Waals surface area contributed by atoms with E-state index in [0.29, 0.717) is 18.7 Å². The number of carbonyl (C=O) groups excluding carboxylic acids is 1. The fourth-order valence-corrected chi connectivity index (χ4v) is 2.11. The van der Waals surface area contributed by atoms with Gasteiger partial charge in [-0.15, -0.1) is 0 Å². The predicted octanol–water partition coefficient (Wildman–Crippen LogP) is 3.17. The van der Waals surface area contributed by atoms with E-state index in [9.17, 15) is 4.79 Å². The lowest BCUT2D eigenvalue weighted by molar-refractivity contribution is 0.0942. The Morgan fingerprint density at radius 2 is 2.00 bits per heavy atom. The standard InChI is InChI=1S/C17H22N2O2/c1-2-3-12-21-13-6-10-19-17(20)15-9-11-18-16-8-5-4-7-14(15)16/h4-5,7-9,11H,2-3,6,10,12-13H2,1H3,(H,19,20). The van der Waals surface area contributed by atoms with Crippen molar-refractivity contribution in [1.29, 1.82) is 0 Å². The van der Waals surface area contributed by atoms with Gasteiger partial charge in [-0.05, 0) is 25.0 Å². The molecule has 0 aliphatic heterocycles. The summed E-state index contributed by atoms with van der Waals surface area (Å²) in [6, 6.07) is 9.43. The molecule has 1 N–H and O–H groups in total. The van der Waals surface area contributed by atoms with Crippen LogP contribution in [0.2, 0.25) is 0 Å². The van der Waals surface area contributed by atoms with Crippen LogP contribution in [0.25, 0.3) is 10.9 Å². The topological polar surface area (TPSA) is 51.2 Å². The molecular weight excluding hydrogens is 264 g/mol. The molecule has 0 radical (unpaired) electrons. The van der Waals surface area contributed by atoms with Crippen molar-refractivity contribution in [3.8, 4) is 0 Å². The highest BCUT2D eigenvalue weighted by Crippen LogP contribution is 2.15. The second kappa shape index (κ2) is 8.37. The smallest absolute Gasteiger partial charge is 0.252 e. The van der Waals surface area contributed by atoms with Crippen molar-refractivity contribution in [3.05, 3.63) is 42.1 Å². The molecule has 0 aliphatic carbocycles. The van der Waals surface area contributed by atoms with Gasteiger partial charge < -0.3 is 10.1 Å². The van der Waals surface area contributed by atoms with Crippen LogP contribution in [0.15, 0.2) is 36.5 Å². The highest BCUT2D eigenvalue weighted by atomic mass is 16.5. The first-order valence-electron chi connectivity index (χ1n) is 7.52. The molecule has 0 fully saturated rings. The summed E-state index contributed by atoms with van der Waals surface area (Å²) in [6.45, 7) is 4.26. The van der Waals surface area contributed by atoms with Crippen molar-refractivity contribution in [2.24, 2.45) is 0 Å². The van der Waals surface area contributed by atoms with E-state index >= 15 is 0 Å². The number of benzene rings is 1. The lowest BCUT2D eigenvalue weighted by Gasteiger charge is -2.08. The second-order valence-corrected chi connectivity index (χ2v) is 4.95. The van der Waals surface area contributed by atoms with Gasteiger partial charge in [-0.1, -0.05) is 31.5 Å². The Labute approximate surface area is 125 Å². The third-order valence-electron chi connectivity index (χ3n) is 3.29. The number of hydrogen-bond donors (Lipinski definition) is 1. The number of ether oxygens (including phenoxy) is 1. The van der Waals surface area contributed by atoms with Crippen LogP contribution in [0.3, 0.4) is 0 Å². The Morgan fingerprint density at radius 1 is 1.19 bits per heavy atom. The zero-order chi connectivity index (χ0) is 14.9. The Balaban J connectivity index is 1.83. The van der Waals surface area contributed by atoms with E-state index in [1.165, 1.54) is 0 Å². The van der Waals surface area contributed by atoms with E-state index in [1.807, 2.05) is 24.3 Å². The van der Waals surface area contributed by atoms with Crippen LogP contribution >= 0.6 is 0 Å². The van der Waals surface area contributed by atoms with Crippen LogP contribution in [-0.2, 0) is 4.74 Å². The Hall–Kier alpha value is -1.94. The van der Waals surface area contributed by atoms with Crippen molar-refractivity contribution < 1.29 is 9.53 Å². The van der Waals surface area contributed by atoms with Crippen LogP contribution in [0.4, 0.5) is 0 Å². The molecule has 0 saturated heterocycles. The number of unbranched alkanes of at least 4 members (excludes halogenated alkanes) is 1. The molecule has 0 saturated carbocycles. The Morgan fingerprint density at radius 3 is 2.86 bits per heavy atom. The maximum Gasteiger partial charge on any atom is 0.252 e. The van der Waals surface area contributed by atoms with Crippen molar-refractivity contribution in [3.63, 3.8) is 0 Å². The normalized spacial score (nSPS) is 10.7. The highest BCUT2D eigenvalue weighted by molar-refractivity contribution is 6.05. The van der Waals surface area contributed by atoms with Gasteiger partial charge in [0.1, 0.15) is 0 Å². The molecule has 0 aliphatic rings. The van der Waals surface area contributed by atoms with E-state index in [0.717, 1.165) is 36.8 Å². The van der Waals surface area contributed by atoms with Crippen molar-refractivity contribution in [2.75, 3.05) is 19.8 Å². The molecule has 1 aromatic heterocycles. The molecule has 4 heteroatoms. The Bertz CT molecular complexity index is 579. The van der Waals surface area contributed by atoms with Gasteiger partial charge >= 0.3 is 0 Å². The SMILES string of the molecule is CCCCOCCCNC(=O)c1ccnc2ccccc12. The minimum Gasteiger partial charge on any atom is -0.381 e. The van der Waals surface area contributed by atoms with E-state index in [-0.39, 0.29) is 5.91 Å². The maximum atomic E-state index is 12.2. The number of fused-ring (bicyclic) bond motifs is 1. The molecule has 0 unspecified atom stereocenters. The molecule has 1 aromatic carbocycles. The average molecular weight is 286 g/mol. The zero-order valence-corrected chi connectivity index (χ0v) is 12.5. The molecule has 2 aromatic rings. The van der Waals surface area contributed by atoms with E-state index in [4.69, 9.17) is 4.74 Å². The molecule has 1 heterocycles. The molecule has 0 atom stereocenters. The predicted molar refractivity (Wildman–Crippen MR) is 84.4 cm³/mol. The largest absolute Gasteiger partial charge is 0.381 e. The number of amides is 1. The number of pyridine rings is 1. The summed E-state index contributed by atoms with van der Waals surface area (Å²) in [6.07, 6.45) is 4.74. The fourth-order valence-electron chi connectivity index (χ4n) is 2.11. The quantitative estimate of drug-likeness (QED) is 0.758. The van der Waals surface area contributed by atoms with Crippen LogP contribution in [-0.4, -0.2) is 30.6 Å². The van der Waals surface area contributed by atoms with E-state index < -0.39 is 0 Å². The number of nitrogens with one attached hydrogen (secondary N) is 1. The molecule has 0 spiro atoms. The summed E-state index contributed by atoms with van der Waals surface area (Å²) in [5.41, 5.74) is 1.51. The molecule has 21 heavy (non-hydrogen) atoms. The Kier molecular flexibility index (Phi) is 6.16. The first kappa shape index (κ1) is 15.4. The van der Waals surface area contributed by atoms with Crippen molar-refractivity contribution in [1.82, 2.24) is 10.3 Å². The summed E-state index contributed by atoms with van der Waals surface area (Å²) in [5, 5.41) is 3.82. The average Bonchev–Trinajstić information content (AvgIpc) is 2.53. The van der Waals surface area contributed by atoms with E-state index in [1.54, 1.807) is 12.3 Å². The summed E-state index contributed by atoms with van der Waals surface area (Å²) >= 11 is 0. The van der Waals surface area contributed by atoms with Crippen LogP contribution in [0.1, 0.15) is 36.5 Å². The van der Waals surface area contributed by atoms with Gasteiger partial charge in [0.15, 0.2) is 0 Å². The van der Waals surface area contributed by atoms with Gasteiger partial charge in [0.2, 0.25) is 0 Å². The number of aromatic nitrogens is 1. The summed E-state index contributed by atoms with van der Waals surface area (Å²) in [7, 11) is 0. The molecule has 0 bridgehead atoms. The second-order valence-electron chi connectivity index (χ2n) is 4.95. The van der Waals surface area contributed by atoms with Gasteiger partial charge in [-0.2, -0.15) is 0 Å². The third-order valence-corrected chi connectivity index (χ3v) is 3.29. The van der Waals surface area contributed by atoms with Crippen LogP contribution in [0.5, 0.6) is 0 Å². The number of para-hydroxylation sites is 1. The number of nitrogens with zero attached hydrogens (tertiary/aromatic N) is 1. The fraction of sp³-hybridized carbons (Fsp3) is 0.412. The minimum absolute atomic E-state index is 0.0536. The van der Waals surface area contributed by atoms with E-state index in [2.05, 4.69) is 17.2 Å². The van der Waals surface area contributed by atoms with Crippen LogP contribution in [0, 0.1) is 0 Å². The highest BCUT2D eigenvalue weighted by Gasteiger charge is 2.09. The lowest BCUT2D eigenvalue weighted by Crippen LogP contribution is -2.25. The van der Waals surface area contributed by atoms with Crippen LogP contribution < -0.4 is 5.32 Å². The summed E-state index contributed by atoms with van der Waals surface area (Å²) < 4.78 is 5.47. The first-order valence-corrected chi connectivity index (χ1v) is 7.52. The monoisotopic (exact) mass is 286 g/mol. The van der Waals surface area contributed by atoms with Crippen molar-refractivity contribution >= 4 is 16.8 Å². The molecule has 112 valence electrons. The molecule has 4 nitrogen and oxygen atoms in total. The maximum absolute atomic E-state index is 12.2. The molecular formula is C17H22N2O2. The number of hydrogen-bond acceptors (Lipinski definition) is 3. The zero-order valence-electron chi connectivity index (χ0n) is 12.5. The first-order chi connectivity index (χ1) is 10.3. The van der Waals surface area contributed by atoms with Gasteiger partial charge in [0, 0.05) is 31.3 Å². The summed E-state index contributed by atoms with van der Waals surface area (Å²) in [4.78, 5) is 16.5. The number of carbonyl (C=O) groups is 1. The van der Waals surface area contributed by atoms with Crippen molar-refractivity contribution in [2.45, 2.75) is 26.2 Å². The molecule has 1 amide bonds. The third kappa shape index (κ3) is 4.53. The van der Waals surface area contributed by atoms with Gasteiger partial charge in [-0.25, -0.2) is 0 Å². The van der Waals surface area contributed by atoms with Gasteiger partial charge in [0.05, 0.1) is 11.1 Å². The molecule has 2 rings (SSSR count). The van der Waals surface area contributed by atoms with Gasteiger partial charge in [0.25, 0.3) is 5.91 Å². The minimum atomic E-state index is -0.0536. The van der Waals surface area contributed by atoms with Gasteiger partial charge in [-0.3, -0.25) is 9.78 Å². The lowest BCUT2D eigenvalue weighted by atomic mass is 10.1.